The molecule has 1 fully saturated rings. The first kappa shape index (κ1) is 14.7. The number of hydrogen-bond acceptors (Lipinski definition) is 4. The summed E-state index contributed by atoms with van der Waals surface area (Å²) in [4.78, 5) is 17.4. The van der Waals surface area contributed by atoms with Crippen LogP contribution in [0.4, 0.5) is 0 Å². The standard InChI is InChI=1S/C15H21NO4/c1-3-19-14-10-11(8-9-13(14)18-2)15(17)16-20-12-6-4-5-7-12/h8-10,12H,3-7H2,1-2H3,(H,16,17). The molecule has 0 atom stereocenters. The van der Waals surface area contributed by atoms with E-state index >= 15 is 0 Å². The summed E-state index contributed by atoms with van der Waals surface area (Å²) in [6, 6.07) is 5.07. The van der Waals surface area contributed by atoms with Crippen LogP contribution in [0.1, 0.15) is 43.0 Å². The lowest BCUT2D eigenvalue weighted by atomic mass is 10.2. The molecular weight excluding hydrogens is 258 g/mol. The molecule has 0 unspecified atom stereocenters. The Hall–Kier alpha value is -1.75. The molecule has 5 heteroatoms. The van der Waals surface area contributed by atoms with Crippen LogP contribution in [0.2, 0.25) is 0 Å². The van der Waals surface area contributed by atoms with E-state index in [1.165, 1.54) is 0 Å². The molecule has 0 radical (unpaired) electrons. The fraction of sp³-hybridized carbons (Fsp3) is 0.533. The van der Waals surface area contributed by atoms with E-state index in [1.807, 2.05) is 6.92 Å². The van der Waals surface area contributed by atoms with Crippen molar-refractivity contribution < 1.29 is 19.1 Å². The fourth-order valence-electron chi connectivity index (χ4n) is 2.29. The van der Waals surface area contributed by atoms with E-state index in [1.54, 1.807) is 25.3 Å². The van der Waals surface area contributed by atoms with Gasteiger partial charge in [0.2, 0.25) is 0 Å². The van der Waals surface area contributed by atoms with E-state index in [4.69, 9.17) is 14.3 Å². The molecule has 1 amide bonds. The molecule has 1 aromatic rings. The quantitative estimate of drug-likeness (QED) is 0.813. The predicted octanol–water partition coefficient (Wildman–Crippen LogP) is 2.70. The summed E-state index contributed by atoms with van der Waals surface area (Å²) < 4.78 is 10.6. The Bertz CT molecular complexity index is 455. The van der Waals surface area contributed by atoms with Gasteiger partial charge in [-0.05, 0) is 38.0 Å². The van der Waals surface area contributed by atoms with Gasteiger partial charge >= 0.3 is 0 Å². The van der Waals surface area contributed by atoms with Gasteiger partial charge in [0.25, 0.3) is 5.91 Å². The molecule has 1 N–H and O–H groups in total. The lowest BCUT2D eigenvalue weighted by Crippen LogP contribution is -2.28. The monoisotopic (exact) mass is 279 g/mol. The number of hydrogen-bond donors (Lipinski definition) is 1. The zero-order chi connectivity index (χ0) is 14.4. The summed E-state index contributed by atoms with van der Waals surface area (Å²) in [5.41, 5.74) is 3.01. The molecule has 0 aromatic heterocycles. The van der Waals surface area contributed by atoms with Crippen LogP contribution in [0.5, 0.6) is 11.5 Å². The highest BCUT2D eigenvalue weighted by Gasteiger charge is 2.18. The first-order valence-electron chi connectivity index (χ1n) is 7.01. The number of benzene rings is 1. The Morgan fingerprint density at radius 2 is 2.05 bits per heavy atom. The molecular formula is C15H21NO4. The van der Waals surface area contributed by atoms with Gasteiger partial charge in [-0.2, -0.15) is 0 Å². The zero-order valence-corrected chi connectivity index (χ0v) is 12.0. The van der Waals surface area contributed by atoms with Crippen molar-refractivity contribution in [3.8, 4) is 11.5 Å². The third kappa shape index (κ3) is 3.63. The highest BCUT2D eigenvalue weighted by molar-refractivity contribution is 5.94. The SMILES string of the molecule is CCOc1cc(C(=O)NOC2CCCC2)ccc1OC. The van der Waals surface area contributed by atoms with Crippen molar-refractivity contribution in [3.63, 3.8) is 0 Å². The Kier molecular flexibility index (Phi) is 5.24. The number of ether oxygens (including phenoxy) is 2. The molecule has 1 aliphatic rings. The summed E-state index contributed by atoms with van der Waals surface area (Å²) in [5, 5.41) is 0. The molecule has 0 heterocycles. The van der Waals surface area contributed by atoms with Crippen LogP contribution in [-0.2, 0) is 4.84 Å². The van der Waals surface area contributed by atoms with Crippen LogP contribution in [0.3, 0.4) is 0 Å². The van der Waals surface area contributed by atoms with E-state index in [2.05, 4.69) is 5.48 Å². The highest BCUT2D eigenvalue weighted by atomic mass is 16.7. The summed E-state index contributed by atoms with van der Waals surface area (Å²) in [7, 11) is 1.57. The van der Waals surface area contributed by atoms with Gasteiger partial charge in [0.1, 0.15) is 0 Å². The average molecular weight is 279 g/mol. The lowest BCUT2D eigenvalue weighted by Gasteiger charge is -2.13. The van der Waals surface area contributed by atoms with Crippen LogP contribution < -0.4 is 15.0 Å². The van der Waals surface area contributed by atoms with Crippen LogP contribution in [0.25, 0.3) is 0 Å². The second-order valence-electron chi connectivity index (χ2n) is 4.75. The van der Waals surface area contributed by atoms with E-state index in [9.17, 15) is 4.79 Å². The Morgan fingerprint density at radius 3 is 2.70 bits per heavy atom. The Labute approximate surface area is 119 Å². The largest absolute Gasteiger partial charge is 0.493 e. The number of nitrogens with one attached hydrogen (secondary N) is 1. The van der Waals surface area contributed by atoms with Gasteiger partial charge in [-0.15, -0.1) is 0 Å². The van der Waals surface area contributed by atoms with Crippen molar-refractivity contribution in [2.24, 2.45) is 0 Å². The number of rotatable bonds is 6. The predicted molar refractivity (Wildman–Crippen MR) is 75.0 cm³/mol. The topological polar surface area (TPSA) is 56.8 Å². The van der Waals surface area contributed by atoms with Crippen LogP contribution in [0.15, 0.2) is 18.2 Å². The van der Waals surface area contributed by atoms with Crippen LogP contribution >= 0.6 is 0 Å². The number of carbonyl (C=O) groups excluding carboxylic acids is 1. The third-order valence-corrected chi connectivity index (χ3v) is 3.35. The molecule has 2 rings (SSSR count). The molecule has 0 spiro atoms. The van der Waals surface area contributed by atoms with Crippen molar-refractivity contribution in [2.75, 3.05) is 13.7 Å². The number of methoxy groups -OCH3 is 1. The second-order valence-corrected chi connectivity index (χ2v) is 4.75. The first-order valence-corrected chi connectivity index (χ1v) is 7.01. The number of hydroxylamine groups is 1. The highest BCUT2D eigenvalue weighted by Crippen LogP contribution is 2.28. The maximum atomic E-state index is 12.0. The molecule has 0 saturated heterocycles. The van der Waals surface area contributed by atoms with Crippen molar-refractivity contribution in [2.45, 2.75) is 38.7 Å². The molecule has 110 valence electrons. The molecule has 5 nitrogen and oxygen atoms in total. The molecule has 1 saturated carbocycles. The summed E-state index contributed by atoms with van der Waals surface area (Å²) in [6.45, 7) is 2.40. The van der Waals surface area contributed by atoms with Gasteiger partial charge in [0.05, 0.1) is 19.8 Å². The molecule has 20 heavy (non-hydrogen) atoms. The normalized spacial score (nSPS) is 15.1. The van der Waals surface area contributed by atoms with Gasteiger partial charge in [0.15, 0.2) is 11.5 Å². The van der Waals surface area contributed by atoms with Gasteiger partial charge in [-0.3, -0.25) is 9.63 Å². The van der Waals surface area contributed by atoms with Crippen molar-refractivity contribution >= 4 is 5.91 Å². The lowest BCUT2D eigenvalue weighted by molar-refractivity contribution is -0.0125. The zero-order valence-electron chi connectivity index (χ0n) is 12.0. The molecule has 0 bridgehead atoms. The maximum Gasteiger partial charge on any atom is 0.274 e. The van der Waals surface area contributed by atoms with Crippen molar-refractivity contribution in [1.29, 1.82) is 0 Å². The average Bonchev–Trinajstić information content (AvgIpc) is 2.98. The van der Waals surface area contributed by atoms with E-state index in [0.29, 0.717) is 23.7 Å². The van der Waals surface area contributed by atoms with Crippen LogP contribution in [-0.4, -0.2) is 25.7 Å². The van der Waals surface area contributed by atoms with E-state index in [0.717, 1.165) is 25.7 Å². The van der Waals surface area contributed by atoms with Crippen molar-refractivity contribution in [3.05, 3.63) is 23.8 Å². The molecule has 0 aliphatic heterocycles. The summed E-state index contributed by atoms with van der Waals surface area (Å²) in [5.74, 6) is 0.907. The number of amides is 1. The summed E-state index contributed by atoms with van der Waals surface area (Å²) >= 11 is 0. The molecule has 1 aromatic carbocycles. The summed E-state index contributed by atoms with van der Waals surface area (Å²) in [6.07, 6.45) is 4.48. The minimum Gasteiger partial charge on any atom is -0.493 e. The smallest absolute Gasteiger partial charge is 0.274 e. The van der Waals surface area contributed by atoms with Gasteiger partial charge in [0, 0.05) is 5.56 Å². The Balaban J connectivity index is 1.99. The van der Waals surface area contributed by atoms with Crippen LogP contribution in [0, 0.1) is 0 Å². The maximum absolute atomic E-state index is 12.0. The minimum absolute atomic E-state index is 0.142. The van der Waals surface area contributed by atoms with E-state index in [-0.39, 0.29) is 12.0 Å². The van der Waals surface area contributed by atoms with Gasteiger partial charge in [-0.25, -0.2) is 5.48 Å². The molecule has 1 aliphatic carbocycles. The first-order chi connectivity index (χ1) is 9.74. The minimum atomic E-state index is -0.263. The number of carbonyl (C=O) groups is 1. The van der Waals surface area contributed by atoms with Crippen molar-refractivity contribution in [1.82, 2.24) is 5.48 Å². The van der Waals surface area contributed by atoms with Gasteiger partial charge in [-0.1, -0.05) is 12.8 Å². The Morgan fingerprint density at radius 1 is 1.30 bits per heavy atom. The second kappa shape index (κ2) is 7.14. The van der Waals surface area contributed by atoms with Gasteiger partial charge < -0.3 is 9.47 Å². The third-order valence-electron chi connectivity index (χ3n) is 3.35. The fourth-order valence-corrected chi connectivity index (χ4v) is 2.29. The van der Waals surface area contributed by atoms with E-state index < -0.39 is 0 Å².